The van der Waals surface area contributed by atoms with Gasteiger partial charge in [0.05, 0.1) is 34.0 Å². The molecule has 4 rings (SSSR count). The van der Waals surface area contributed by atoms with Crippen LogP contribution in [0.25, 0.3) is 0 Å². The van der Waals surface area contributed by atoms with Gasteiger partial charge in [-0.25, -0.2) is 12.8 Å². The Morgan fingerprint density at radius 2 is 1.83 bits per heavy atom. The van der Waals surface area contributed by atoms with Gasteiger partial charge in [-0.1, -0.05) is 36.2 Å². The highest BCUT2D eigenvalue weighted by Gasteiger charge is 2.31. The number of fused-ring (bicyclic) bond motifs is 1. The fourth-order valence-electron chi connectivity index (χ4n) is 4.86. The van der Waals surface area contributed by atoms with E-state index in [1.807, 2.05) is 26.1 Å². The molecule has 0 spiro atoms. The van der Waals surface area contributed by atoms with Crippen molar-refractivity contribution in [1.82, 2.24) is 9.80 Å². The third-order valence-electron chi connectivity index (χ3n) is 7.22. The van der Waals surface area contributed by atoms with Crippen molar-refractivity contribution < 1.29 is 27.4 Å². The summed E-state index contributed by atoms with van der Waals surface area (Å²) in [7, 11) is -2.05. The third-order valence-corrected chi connectivity index (χ3v) is 9.36. The number of hydrogen-bond acceptors (Lipinski definition) is 6. The lowest BCUT2D eigenvalue weighted by Gasteiger charge is -2.34. The summed E-state index contributed by atoms with van der Waals surface area (Å²) in [6, 6.07) is 14.3. The molecule has 0 saturated heterocycles. The molecule has 42 heavy (non-hydrogen) atoms. The first-order valence-electron chi connectivity index (χ1n) is 13.5. The molecule has 3 aromatic rings. The van der Waals surface area contributed by atoms with Crippen LogP contribution in [-0.2, 0) is 27.8 Å². The maximum absolute atomic E-state index is 13.5. The van der Waals surface area contributed by atoms with E-state index < -0.39 is 21.9 Å². The number of nitrogens with zero attached hydrogens (tertiary/aromatic N) is 2. The van der Waals surface area contributed by atoms with E-state index in [9.17, 15) is 22.7 Å². The number of benzene rings is 3. The number of halogens is 3. The molecule has 1 aliphatic rings. The van der Waals surface area contributed by atoms with Crippen LogP contribution in [0.15, 0.2) is 65.6 Å². The SMILES string of the molecule is C[C@H](CO)N1C[C@H](C)[C@@H](CN(C)Cc2ccc(Cl)c(Cl)c2)Oc2ccc(NS(=O)(=O)c3ccc(F)cc3)cc2CC1=O. The average molecular weight is 639 g/mol. The molecule has 1 amide bonds. The van der Waals surface area contributed by atoms with Gasteiger partial charge in [-0.2, -0.15) is 0 Å². The largest absolute Gasteiger partial charge is 0.488 e. The van der Waals surface area contributed by atoms with Crippen LogP contribution in [0.3, 0.4) is 0 Å². The number of aliphatic hydroxyl groups is 1. The maximum atomic E-state index is 13.5. The van der Waals surface area contributed by atoms with Crippen molar-refractivity contribution in [2.45, 2.75) is 43.9 Å². The lowest BCUT2D eigenvalue weighted by Crippen LogP contribution is -2.47. The molecular weight excluding hydrogens is 604 g/mol. The molecule has 0 fully saturated rings. The maximum Gasteiger partial charge on any atom is 0.261 e. The van der Waals surface area contributed by atoms with Crippen molar-refractivity contribution in [2.24, 2.45) is 5.92 Å². The molecule has 3 atom stereocenters. The van der Waals surface area contributed by atoms with E-state index in [2.05, 4.69) is 9.62 Å². The number of aliphatic hydroxyl groups excluding tert-OH is 1. The summed E-state index contributed by atoms with van der Waals surface area (Å²) in [4.78, 5) is 17.1. The second-order valence-corrected chi connectivity index (χ2v) is 13.2. The van der Waals surface area contributed by atoms with Crippen molar-refractivity contribution >= 4 is 44.8 Å². The molecular formula is C30H34Cl2FN3O5S. The van der Waals surface area contributed by atoms with E-state index in [1.165, 1.54) is 12.1 Å². The normalized spacial score (nSPS) is 18.5. The molecule has 226 valence electrons. The molecule has 0 radical (unpaired) electrons. The average Bonchev–Trinajstić information content (AvgIpc) is 2.98. The van der Waals surface area contributed by atoms with Gasteiger partial charge in [0.1, 0.15) is 17.7 Å². The van der Waals surface area contributed by atoms with Crippen LogP contribution < -0.4 is 9.46 Å². The Morgan fingerprint density at radius 3 is 2.50 bits per heavy atom. The van der Waals surface area contributed by atoms with Crippen LogP contribution in [0.2, 0.25) is 10.0 Å². The zero-order valence-corrected chi connectivity index (χ0v) is 25.9. The van der Waals surface area contributed by atoms with Gasteiger partial charge in [-0.05, 0) is 74.1 Å². The number of hydrogen-bond donors (Lipinski definition) is 2. The van der Waals surface area contributed by atoms with Gasteiger partial charge in [0.2, 0.25) is 5.91 Å². The summed E-state index contributed by atoms with van der Waals surface area (Å²) in [5.74, 6) is -0.403. The Kier molecular flexibility index (Phi) is 10.4. The Hall–Kier alpha value is -2.89. The molecule has 0 saturated carbocycles. The first-order valence-corrected chi connectivity index (χ1v) is 15.7. The summed E-state index contributed by atoms with van der Waals surface area (Å²) in [5.41, 5.74) is 1.71. The van der Waals surface area contributed by atoms with Crippen molar-refractivity contribution in [3.05, 3.63) is 87.7 Å². The molecule has 2 N–H and O–H groups in total. The first kappa shape index (κ1) is 32.0. The van der Waals surface area contributed by atoms with E-state index >= 15 is 0 Å². The van der Waals surface area contributed by atoms with E-state index in [1.54, 1.807) is 36.1 Å². The quantitative estimate of drug-likeness (QED) is 0.334. The van der Waals surface area contributed by atoms with Crippen molar-refractivity contribution in [3.63, 3.8) is 0 Å². The van der Waals surface area contributed by atoms with Crippen LogP contribution in [0.1, 0.15) is 25.0 Å². The minimum atomic E-state index is -4.00. The Balaban J connectivity index is 1.62. The third kappa shape index (κ3) is 7.93. The fraction of sp³-hybridized carbons (Fsp3) is 0.367. The Labute approximate surface area is 256 Å². The van der Waals surface area contributed by atoms with Gasteiger partial charge < -0.3 is 14.7 Å². The van der Waals surface area contributed by atoms with Crippen LogP contribution in [0.4, 0.5) is 10.1 Å². The molecule has 8 nitrogen and oxygen atoms in total. The molecule has 12 heteroatoms. The fourth-order valence-corrected chi connectivity index (χ4v) is 6.23. The second kappa shape index (κ2) is 13.6. The van der Waals surface area contributed by atoms with Crippen molar-refractivity contribution in [2.75, 3.05) is 31.5 Å². The number of anilines is 1. The zero-order chi connectivity index (χ0) is 30.6. The van der Waals surface area contributed by atoms with Gasteiger partial charge in [-0.15, -0.1) is 0 Å². The summed E-state index contributed by atoms with van der Waals surface area (Å²) in [5, 5.41) is 10.8. The van der Waals surface area contributed by atoms with Crippen LogP contribution in [0.5, 0.6) is 5.75 Å². The number of carbonyl (C=O) groups is 1. The predicted molar refractivity (Wildman–Crippen MR) is 162 cm³/mol. The van der Waals surface area contributed by atoms with Gasteiger partial charge in [-0.3, -0.25) is 14.4 Å². The predicted octanol–water partition coefficient (Wildman–Crippen LogP) is 5.21. The van der Waals surface area contributed by atoms with Crippen molar-refractivity contribution in [1.29, 1.82) is 0 Å². The highest BCUT2D eigenvalue weighted by Crippen LogP contribution is 2.30. The van der Waals surface area contributed by atoms with E-state index in [4.69, 9.17) is 27.9 Å². The van der Waals surface area contributed by atoms with E-state index in [-0.39, 0.29) is 41.5 Å². The lowest BCUT2D eigenvalue weighted by molar-refractivity contribution is -0.134. The van der Waals surface area contributed by atoms with E-state index in [0.29, 0.717) is 41.0 Å². The van der Waals surface area contributed by atoms with Gasteiger partial charge in [0.15, 0.2) is 0 Å². The molecule has 0 bridgehead atoms. The summed E-state index contributed by atoms with van der Waals surface area (Å²) in [6.07, 6.45) is -0.401. The summed E-state index contributed by atoms with van der Waals surface area (Å²) >= 11 is 12.3. The zero-order valence-electron chi connectivity index (χ0n) is 23.6. The lowest BCUT2D eigenvalue weighted by atomic mass is 10.0. The number of rotatable bonds is 9. The number of nitrogens with one attached hydrogen (secondary N) is 1. The molecule has 1 aliphatic heterocycles. The summed E-state index contributed by atoms with van der Waals surface area (Å²) in [6.45, 7) is 5.03. The first-order chi connectivity index (χ1) is 19.9. The summed E-state index contributed by atoms with van der Waals surface area (Å²) < 4.78 is 48.2. The molecule has 0 aliphatic carbocycles. The standard InChI is InChI=1S/C30H34Cl2FN3O5S/c1-19-15-36(20(2)18-37)30(38)14-22-13-24(34-42(39,40)25-8-5-23(33)6-9-25)7-11-28(22)41-29(19)17-35(3)16-21-4-10-26(31)27(32)12-21/h4-13,19-20,29,34,37H,14-18H2,1-3H3/t19-,20+,29+/m0/s1. The number of carbonyl (C=O) groups excluding carboxylic acids is 1. The number of sulfonamides is 1. The molecule has 1 heterocycles. The number of amides is 1. The molecule has 0 aromatic heterocycles. The highest BCUT2D eigenvalue weighted by atomic mass is 35.5. The van der Waals surface area contributed by atoms with Crippen LogP contribution in [-0.4, -0.2) is 68.1 Å². The second-order valence-electron chi connectivity index (χ2n) is 10.7. The molecule has 0 unspecified atom stereocenters. The van der Waals surface area contributed by atoms with Crippen LogP contribution in [0, 0.1) is 11.7 Å². The Bertz CT molecular complexity index is 1520. The topological polar surface area (TPSA) is 99.2 Å². The molecule has 3 aromatic carbocycles. The highest BCUT2D eigenvalue weighted by molar-refractivity contribution is 7.92. The number of ether oxygens (including phenoxy) is 1. The minimum Gasteiger partial charge on any atom is -0.488 e. The van der Waals surface area contributed by atoms with Gasteiger partial charge in [0, 0.05) is 36.8 Å². The van der Waals surface area contributed by atoms with E-state index in [0.717, 1.165) is 17.7 Å². The van der Waals surface area contributed by atoms with Crippen molar-refractivity contribution in [3.8, 4) is 5.75 Å². The smallest absolute Gasteiger partial charge is 0.261 e. The van der Waals surface area contributed by atoms with Gasteiger partial charge in [0.25, 0.3) is 10.0 Å². The minimum absolute atomic E-state index is 0.0512. The monoisotopic (exact) mass is 637 g/mol. The Morgan fingerprint density at radius 1 is 1.12 bits per heavy atom. The number of likely N-dealkylation sites (N-methyl/N-ethyl adjacent to an activating group) is 1. The van der Waals surface area contributed by atoms with Crippen LogP contribution >= 0.6 is 23.2 Å². The van der Waals surface area contributed by atoms with Gasteiger partial charge >= 0.3 is 0 Å².